The SMILES string of the molecule is Cc1cc(C)cc(C(O)Cc2ccccc2Cl)c1. The third-order valence-electron chi connectivity index (χ3n) is 3.00. The van der Waals surface area contributed by atoms with E-state index in [1.807, 2.05) is 50.2 Å². The van der Waals surface area contributed by atoms with Crippen LogP contribution in [0.2, 0.25) is 5.02 Å². The minimum Gasteiger partial charge on any atom is -0.388 e. The number of rotatable bonds is 3. The van der Waals surface area contributed by atoms with E-state index in [1.54, 1.807) is 0 Å². The van der Waals surface area contributed by atoms with E-state index in [4.69, 9.17) is 11.6 Å². The van der Waals surface area contributed by atoms with Crippen molar-refractivity contribution in [2.75, 3.05) is 0 Å². The van der Waals surface area contributed by atoms with E-state index in [0.717, 1.165) is 11.1 Å². The summed E-state index contributed by atoms with van der Waals surface area (Å²) in [5.74, 6) is 0. The Balaban J connectivity index is 2.22. The summed E-state index contributed by atoms with van der Waals surface area (Å²) in [4.78, 5) is 0. The van der Waals surface area contributed by atoms with Crippen LogP contribution in [-0.4, -0.2) is 5.11 Å². The molecule has 2 rings (SSSR count). The van der Waals surface area contributed by atoms with Crippen molar-refractivity contribution in [1.82, 2.24) is 0 Å². The van der Waals surface area contributed by atoms with E-state index in [-0.39, 0.29) is 0 Å². The maximum atomic E-state index is 10.3. The van der Waals surface area contributed by atoms with Gasteiger partial charge in [-0.2, -0.15) is 0 Å². The third kappa shape index (κ3) is 3.12. The fraction of sp³-hybridized carbons (Fsp3) is 0.250. The molecule has 0 saturated heterocycles. The zero-order valence-corrected chi connectivity index (χ0v) is 11.4. The molecule has 0 bridgehead atoms. The Morgan fingerprint density at radius 2 is 1.67 bits per heavy atom. The van der Waals surface area contributed by atoms with Gasteiger partial charge < -0.3 is 5.11 Å². The molecule has 2 heteroatoms. The van der Waals surface area contributed by atoms with Crippen molar-refractivity contribution in [1.29, 1.82) is 0 Å². The lowest BCUT2D eigenvalue weighted by atomic mass is 9.98. The Hall–Kier alpha value is -1.31. The van der Waals surface area contributed by atoms with Crippen LogP contribution in [0, 0.1) is 13.8 Å². The van der Waals surface area contributed by atoms with E-state index in [2.05, 4.69) is 6.07 Å². The van der Waals surface area contributed by atoms with Crippen LogP contribution in [0.3, 0.4) is 0 Å². The van der Waals surface area contributed by atoms with Gasteiger partial charge in [-0.3, -0.25) is 0 Å². The minimum absolute atomic E-state index is 0.511. The lowest BCUT2D eigenvalue weighted by Gasteiger charge is -2.13. The van der Waals surface area contributed by atoms with Crippen LogP contribution in [0.4, 0.5) is 0 Å². The molecule has 2 aromatic rings. The van der Waals surface area contributed by atoms with Crippen LogP contribution in [0.1, 0.15) is 28.4 Å². The average Bonchev–Trinajstić information content (AvgIpc) is 2.31. The lowest BCUT2D eigenvalue weighted by Crippen LogP contribution is -2.03. The largest absolute Gasteiger partial charge is 0.388 e. The Labute approximate surface area is 113 Å². The molecular weight excluding hydrogens is 244 g/mol. The molecule has 0 spiro atoms. The van der Waals surface area contributed by atoms with E-state index >= 15 is 0 Å². The van der Waals surface area contributed by atoms with Crippen LogP contribution in [0.15, 0.2) is 42.5 Å². The van der Waals surface area contributed by atoms with Crippen LogP contribution in [0.5, 0.6) is 0 Å². The van der Waals surface area contributed by atoms with E-state index in [9.17, 15) is 5.11 Å². The highest BCUT2D eigenvalue weighted by molar-refractivity contribution is 6.31. The van der Waals surface area contributed by atoms with Gasteiger partial charge in [-0.15, -0.1) is 0 Å². The van der Waals surface area contributed by atoms with Gasteiger partial charge in [0, 0.05) is 11.4 Å². The van der Waals surface area contributed by atoms with Gasteiger partial charge in [0.15, 0.2) is 0 Å². The summed E-state index contributed by atoms with van der Waals surface area (Å²) in [6, 6.07) is 13.8. The van der Waals surface area contributed by atoms with Crippen LogP contribution in [0.25, 0.3) is 0 Å². The highest BCUT2D eigenvalue weighted by Gasteiger charge is 2.11. The molecule has 1 unspecified atom stereocenters. The summed E-state index contributed by atoms with van der Waals surface area (Å²) >= 11 is 6.11. The first kappa shape index (κ1) is 13.1. The second-order valence-corrected chi connectivity index (χ2v) is 5.14. The molecule has 18 heavy (non-hydrogen) atoms. The van der Waals surface area contributed by atoms with Crippen molar-refractivity contribution in [3.63, 3.8) is 0 Å². The maximum Gasteiger partial charge on any atom is 0.0831 e. The molecule has 0 fully saturated rings. The van der Waals surface area contributed by atoms with E-state index in [1.165, 1.54) is 11.1 Å². The lowest BCUT2D eigenvalue weighted by molar-refractivity contribution is 0.178. The van der Waals surface area contributed by atoms with Gasteiger partial charge >= 0.3 is 0 Å². The highest BCUT2D eigenvalue weighted by atomic mass is 35.5. The first-order chi connectivity index (χ1) is 8.56. The number of aliphatic hydroxyl groups excluding tert-OH is 1. The Morgan fingerprint density at radius 1 is 1.06 bits per heavy atom. The molecule has 0 heterocycles. The second kappa shape index (κ2) is 5.55. The Kier molecular flexibility index (Phi) is 4.05. The molecule has 0 aliphatic carbocycles. The molecule has 0 saturated carbocycles. The molecule has 0 amide bonds. The summed E-state index contributed by atoms with van der Waals surface area (Å²) in [5.41, 5.74) is 4.27. The van der Waals surface area contributed by atoms with Crippen molar-refractivity contribution in [3.05, 3.63) is 69.7 Å². The van der Waals surface area contributed by atoms with Crippen molar-refractivity contribution < 1.29 is 5.11 Å². The number of halogens is 1. The van der Waals surface area contributed by atoms with Gasteiger partial charge in [0.05, 0.1) is 6.10 Å². The fourth-order valence-corrected chi connectivity index (χ4v) is 2.41. The van der Waals surface area contributed by atoms with Gasteiger partial charge in [0.25, 0.3) is 0 Å². The van der Waals surface area contributed by atoms with Crippen LogP contribution >= 0.6 is 11.6 Å². The molecule has 0 radical (unpaired) electrons. The van der Waals surface area contributed by atoms with Crippen molar-refractivity contribution >= 4 is 11.6 Å². The minimum atomic E-state index is -0.511. The summed E-state index contributed by atoms with van der Waals surface area (Å²) in [6.45, 7) is 4.08. The normalized spacial score (nSPS) is 12.4. The van der Waals surface area contributed by atoms with E-state index in [0.29, 0.717) is 11.4 Å². The van der Waals surface area contributed by atoms with Crippen molar-refractivity contribution in [3.8, 4) is 0 Å². The van der Waals surface area contributed by atoms with Crippen molar-refractivity contribution in [2.24, 2.45) is 0 Å². The Bertz CT molecular complexity index is 528. The molecule has 0 aliphatic heterocycles. The topological polar surface area (TPSA) is 20.2 Å². The van der Waals surface area contributed by atoms with Crippen LogP contribution in [-0.2, 0) is 6.42 Å². The predicted octanol–water partition coefficient (Wildman–Crippen LogP) is 4.23. The number of hydrogen-bond donors (Lipinski definition) is 1. The average molecular weight is 261 g/mol. The van der Waals surface area contributed by atoms with E-state index < -0.39 is 6.10 Å². The smallest absolute Gasteiger partial charge is 0.0831 e. The molecular formula is C16H17ClO. The summed E-state index contributed by atoms with van der Waals surface area (Å²) in [5, 5.41) is 11.0. The fourth-order valence-electron chi connectivity index (χ4n) is 2.19. The van der Waals surface area contributed by atoms with Crippen LogP contribution < -0.4 is 0 Å². The first-order valence-electron chi connectivity index (χ1n) is 6.06. The van der Waals surface area contributed by atoms with Gasteiger partial charge in [-0.25, -0.2) is 0 Å². The predicted molar refractivity (Wildman–Crippen MR) is 76.0 cm³/mol. The number of benzene rings is 2. The molecule has 1 atom stereocenters. The number of hydrogen-bond acceptors (Lipinski definition) is 1. The monoisotopic (exact) mass is 260 g/mol. The van der Waals surface area contributed by atoms with Gasteiger partial charge in [-0.05, 0) is 31.0 Å². The molecule has 0 aromatic heterocycles. The zero-order valence-electron chi connectivity index (χ0n) is 10.7. The quantitative estimate of drug-likeness (QED) is 0.876. The Morgan fingerprint density at radius 3 is 2.28 bits per heavy atom. The van der Waals surface area contributed by atoms with Gasteiger partial charge in [0.2, 0.25) is 0 Å². The summed E-state index contributed by atoms with van der Waals surface area (Å²) in [6.07, 6.45) is 0.0336. The summed E-state index contributed by atoms with van der Waals surface area (Å²) in [7, 11) is 0. The molecule has 94 valence electrons. The van der Waals surface area contributed by atoms with Crippen molar-refractivity contribution in [2.45, 2.75) is 26.4 Å². The number of aryl methyl sites for hydroxylation is 2. The standard InChI is InChI=1S/C16H17ClO/c1-11-7-12(2)9-14(8-11)16(18)10-13-5-3-4-6-15(13)17/h3-9,16,18H,10H2,1-2H3. The zero-order chi connectivity index (χ0) is 13.1. The molecule has 0 aliphatic rings. The van der Waals surface area contributed by atoms with Gasteiger partial charge in [-0.1, -0.05) is 59.1 Å². The third-order valence-corrected chi connectivity index (χ3v) is 3.37. The number of aliphatic hydroxyl groups is 1. The highest BCUT2D eigenvalue weighted by Crippen LogP contribution is 2.24. The maximum absolute atomic E-state index is 10.3. The first-order valence-corrected chi connectivity index (χ1v) is 6.44. The summed E-state index contributed by atoms with van der Waals surface area (Å²) < 4.78 is 0. The molecule has 2 aromatic carbocycles. The van der Waals surface area contributed by atoms with Gasteiger partial charge in [0.1, 0.15) is 0 Å². The molecule has 1 nitrogen and oxygen atoms in total. The second-order valence-electron chi connectivity index (χ2n) is 4.73. The molecule has 1 N–H and O–H groups in total.